The molecule has 0 aromatic carbocycles. The lowest BCUT2D eigenvalue weighted by Crippen LogP contribution is -2.25. The van der Waals surface area contributed by atoms with Crippen LogP contribution in [-0.4, -0.2) is 50.0 Å². The SMILES string of the molecule is Cc1nc(-c2ncccn2)sc1C(=O)NCCSCC(=O)O. The fraction of sp³-hybridized carbons (Fsp3) is 0.308. The van der Waals surface area contributed by atoms with E-state index in [0.29, 0.717) is 33.7 Å². The number of carboxylic acids is 1. The molecule has 7 nitrogen and oxygen atoms in total. The largest absolute Gasteiger partial charge is 0.481 e. The summed E-state index contributed by atoms with van der Waals surface area (Å²) in [4.78, 5) is 35.5. The zero-order valence-electron chi connectivity index (χ0n) is 11.8. The van der Waals surface area contributed by atoms with Gasteiger partial charge in [0, 0.05) is 24.7 Å². The van der Waals surface area contributed by atoms with E-state index in [9.17, 15) is 9.59 Å². The Morgan fingerprint density at radius 3 is 2.77 bits per heavy atom. The Morgan fingerprint density at radius 1 is 1.36 bits per heavy atom. The van der Waals surface area contributed by atoms with Gasteiger partial charge in [-0.3, -0.25) is 9.59 Å². The molecule has 0 saturated heterocycles. The quantitative estimate of drug-likeness (QED) is 0.736. The average Bonchev–Trinajstić information content (AvgIpc) is 2.89. The maximum Gasteiger partial charge on any atom is 0.313 e. The Hall–Kier alpha value is -2.00. The van der Waals surface area contributed by atoms with Crippen molar-refractivity contribution in [2.24, 2.45) is 0 Å². The van der Waals surface area contributed by atoms with Crippen molar-refractivity contribution in [3.8, 4) is 10.8 Å². The van der Waals surface area contributed by atoms with Crippen LogP contribution in [0.5, 0.6) is 0 Å². The summed E-state index contributed by atoms with van der Waals surface area (Å²) in [6, 6.07) is 1.71. The van der Waals surface area contributed by atoms with Gasteiger partial charge >= 0.3 is 5.97 Å². The van der Waals surface area contributed by atoms with Crippen LogP contribution in [0.15, 0.2) is 18.5 Å². The minimum Gasteiger partial charge on any atom is -0.481 e. The number of carbonyl (C=O) groups is 2. The first-order valence-corrected chi connectivity index (χ1v) is 8.37. The third kappa shape index (κ3) is 4.50. The molecule has 2 N–H and O–H groups in total. The number of thiazole rings is 1. The highest BCUT2D eigenvalue weighted by atomic mass is 32.2. The molecular formula is C13H14N4O3S2. The first-order valence-electron chi connectivity index (χ1n) is 6.40. The molecule has 0 fully saturated rings. The van der Waals surface area contributed by atoms with E-state index in [0.717, 1.165) is 0 Å². The molecule has 0 atom stereocenters. The normalized spacial score (nSPS) is 10.4. The summed E-state index contributed by atoms with van der Waals surface area (Å²) in [5, 5.41) is 11.9. The second-order valence-electron chi connectivity index (χ2n) is 4.21. The second-order valence-corrected chi connectivity index (χ2v) is 6.31. The van der Waals surface area contributed by atoms with Gasteiger partial charge < -0.3 is 10.4 Å². The number of rotatable bonds is 7. The van der Waals surface area contributed by atoms with Crippen LogP contribution in [0.3, 0.4) is 0 Å². The van der Waals surface area contributed by atoms with Crippen molar-refractivity contribution < 1.29 is 14.7 Å². The van der Waals surface area contributed by atoms with Crippen LogP contribution in [0, 0.1) is 6.92 Å². The van der Waals surface area contributed by atoms with Crippen molar-refractivity contribution in [2.45, 2.75) is 6.92 Å². The number of nitrogens with one attached hydrogen (secondary N) is 1. The van der Waals surface area contributed by atoms with Crippen molar-refractivity contribution in [1.82, 2.24) is 20.3 Å². The average molecular weight is 338 g/mol. The summed E-state index contributed by atoms with van der Waals surface area (Å²) in [6.45, 7) is 2.17. The van der Waals surface area contributed by atoms with Gasteiger partial charge in [-0.05, 0) is 13.0 Å². The highest BCUT2D eigenvalue weighted by Crippen LogP contribution is 2.24. The zero-order valence-corrected chi connectivity index (χ0v) is 13.4. The fourth-order valence-corrected chi connectivity index (χ4v) is 3.08. The molecule has 0 spiro atoms. The Kier molecular flexibility index (Phi) is 5.84. The summed E-state index contributed by atoms with van der Waals surface area (Å²) >= 11 is 2.50. The van der Waals surface area contributed by atoms with Crippen molar-refractivity contribution >= 4 is 35.0 Å². The van der Waals surface area contributed by atoms with Gasteiger partial charge in [0.1, 0.15) is 4.88 Å². The van der Waals surface area contributed by atoms with E-state index in [1.54, 1.807) is 25.4 Å². The number of thioether (sulfide) groups is 1. The molecule has 0 aliphatic heterocycles. The van der Waals surface area contributed by atoms with Crippen LogP contribution in [-0.2, 0) is 4.79 Å². The second kappa shape index (κ2) is 7.85. The molecular weight excluding hydrogens is 324 g/mol. The predicted molar refractivity (Wildman–Crippen MR) is 85.2 cm³/mol. The number of hydrogen-bond acceptors (Lipinski definition) is 7. The first-order chi connectivity index (χ1) is 10.6. The third-order valence-electron chi connectivity index (χ3n) is 2.52. The topological polar surface area (TPSA) is 105 Å². The molecule has 1 amide bonds. The number of aromatic nitrogens is 3. The van der Waals surface area contributed by atoms with Crippen LogP contribution in [0.2, 0.25) is 0 Å². The van der Waals surface area contributed by atoms with E-state index in [1.807, 2.05) is 0 Å². The Bertz CT molecular complexity index is 661. The molecule has 2 rings (SSSR count). The third-order valence-corrected chi connectivity index (χ3v) is 4.61. The number of carboxylic acid groups (broad SMARTS) is 1. The number of amides is 1. The zero-order chi connectivity index (χ0) is 15.9. The van der Waals surface area contributed by atoms with Crippen molar-refractivity contribution in [1.29, 1.82) is 0 Å². The number of hydrogen-bond donors (Lipinski definition) is 2. The molecule has 116 valence electrons. The maximum atomic E-state index is 12.1. The van der Waals surface area contributed by atoms with E-state index >= 15 is 0 Å². The van der Waals surface area contributed by atoms with E-state index in [1.165, 1.54) is 23.1 Å². The van der Waals surface area contributed by atoms with Crippen LogP contribution >= 0.6 is 23.1 Å². The first kappa shape index (κ1) is 16.4. The summed E-state index contributed by atoms with van der Waals surface area (Å²) in [5.41, 5.74) is 0.628. The molecule has 2 heterocycles. The summed E-state index contributed by atoms with van der Waals surface area (Å²) < 4.78 is 0. The maximum absolute atomic E-state index is 12.1. The fourth-order valence-electron chi connectivity index (χ4n) is 1.59. The van der Waals surface area contributed by atoms with Crippen LogP contribution in [0.4, 0.5) is 0 Å². The molecule has 0 saturated carbocycles. The lowest BCUT2D eigenvalue weighted by atomic mass is 10.4. The highest BCUT2D eigenvalue weighted by Gasteiger charge is 2.16. The molecule has 9 heteroatoms. The van der Waals surface area contributed by atoms with E-state index in [-0.39, 0.29) is 11.7 Å². The highest BCUT2D eigenvalue weighted by molar-refractivity contribution is 7.99. The Balaban J connectivity index is 1.93. The molecule has 2 aromatic heterocycles. The van der Waals surface area contributed by atoms with E-state index in [2.05, 4.69) is 20.3 Å². The van der Waals surface area contributed by atoms with Crippen molar-refractivity contribution in [3.05, 3.63) is 29.0 Å². The lowest BCUT2D eigenvalue weighted by Gasteiger charge is -2.02. The monoisotopic (exact) mass is 338 g/mol. The van der Waals surface area contributed by atoms with Gasteiger partial charge in [-0.1, -0.05) is 0 Å². The number of aliphatic carboxylic acids is 1. The molecule has 0 aliphatic rings. The summed E-state index contributed by atoms with van der Waals surface area (Å²) in [5.74, 6) is -0.00271. The van der Waals surface area contributed by atoms with Gasteiger partial charge in [0.25, 0.3) is 5.91 Å². The lowest BCUT2D eigenvalue weighted by molar-refractivity contribution is -0.133. The van der Waals surface area contributed by atoms with Gasteiger partial charge in [0.2, 0.25) is 0 Å². The summed E-state index contributed by atoms with van der Waals surface area (Å²) in [7, 11) is 0. The van der Waals surface area contributed by atoms with Gasteiger partial charge in [0.15, 0.2) is 10.8 Å². The molecule has 0 aliphatic carbocycles. The Labute approximate surface area is 135 Å². The predicted octanol–water partition coefficient (Wildman–Crippen LogP) is 1.46. The molecule has 0 bridgehead atoms. The summed E-state index contributed by atoms with van der Waals surface area (Å²) in [6.07, 6.45) is 3.25. The van der Waals surface area contributed by atoms with E-state index < -0.39 is 5.97 Å². The Morgan fingerprint density at radius 2 is 2.09 bits per heavy atom. The number of carbonyl (C=O) groups excluding carboxylic acids is 1. The minimum atomic E-state index is -0.859. The molecule has 2 aromatic rings. The number of nitrogens with zero attached hydrogens (tertiary/aromatic N) is 3. The van der Waals surface area contributed by atoms with E-state index in [4.69, 9.17) is 5.11 Å². The van der Waals surface area contributed by atoms with Gasteiger partial charge in [0.05, 0.1) is 11.4 Å². The van der Waals surface area contributed by atoms with Crippen LogP contribution in [0.25, 0.3) is 10.8 Å². The molecule has 22 heavy (non-hydrogen) atoms. The minimum absolute atomic E-state index is 0.0327. The molecule has 0 radical (unpaired) electrons. The number of aryl methyl sites for hydroxylation is 1. The van der Waals surface area contributed by atoms with Gasteiger partial charge in [-0.2, -0.15) is 0 Å². The van der Waals surface area contributed by atoms with Crippen LogP contribution in [0.1, 0.15) is 15.4 Å². The molecule has 0 unspecified atom stereocenters. The standard InChI is InChI=1S/C13H14N4O3S2/c1-8-10(12(20)16-5-6-21-7-9(18)19)22-13(17-8)11-14-3-2-4-15-11/h2-4H,5-7H2,1H3,(H,16,20)(H,18,19). The van der Waals surface area contributed by atoms with Crippen LogP contribution < -0.4 is 5.32 Å². The van der Waals surface area contributed by atoms with Crippen molar-refractivity contribution in [3.63, 3.8) is 0 Å². The smallest absolute Gasteiger partial charge is 0.313 e. The van der Waals surface area contributed by atoms with Crippen molar-refractivity contribution in [2.75, 3.05) is 18.1 Å². The van der Waals surface area contributed by atoms with Gasteiger partial charge in [-0.15, -0.1) is 23.1 Å². The van der Waals surface area contributed by atoms with Gasteiger partial charge in [-0.25, -0.2) is 15.0 Å².